The Morgan fingerprint density at radius 3 is 2.39 bits per heavy atom. The van der Waals surface area contributed by atoms with Gasteiger partial charge in [0.2, 0.25) is 0 Å². The van der Waals surface area contributed by atoms with Crippen molar-refractivity contribution in [2.75, 3.05) is 6.54 Å². The Bertz CT molecular complexity index is 424. The number of carbonyl (C=O) groups excluding carboxylic acids is 1. The average Bonchev–Trinajstić information content (AvgIpc) is 3.08. The third-order valence-electron chi connectivity index (χ3n) is 2.60. The molecule has 0 spiro atoms. The van der Waals surface area contributed by atoms with Crippen molar-refractivity contribution in [2.45, 2.75) is 19.2 Å². The summed E-state index contributed by atoms with van der Waals surface area (Å²) in [4.78, 5) is 11.6. The molecule has 1 N–H and O–H groups in total. The van der Waals surface area contributed by atoms with Crippen LogP contribution in [0.4, 0.5) is 13.2 Å². The number of carbonyl (C=O) groups is 1. The van der Waals surface area contributed by atoms with Gasteiger partial charge in [-0.25, -0.2) is 0 Å². The molecule has 1 aromatic rings. The van der Waals surface area contributed by atoms with Crippen molar-refractivity contribution in [3.63, 3.8) is 0 Å². The molecule has 0 aliphatic heterocycles. The van der Waals surface area contributed by atoms with Crippen LogP contribution in [-0.2, 0) is 0 Å². The lowest BCUT2D eigenvalue weighted by Crippen LogP contribution is -2.25. The van der Waals surface area contributed by atoms with E-state index in [9.17, 15) is 18.0 Å². The maximum Gasteiger partial charge on any atom is 0.573 e. The normalized spacial score (nSPS) is 15.3. The molecule has 0 bridgehead atoms. The average molecular weight is 259 g/mol. The highest BCUT2D eigenvalue weighted by Crippen LogP contribution is 2.27. The van der Waals surface area contributed by atoms with Crippen LogP contribution in [0.3, 0.4) is 0 Å². The fraction of sp³-hybridized carbons (Fsp3) is 0.417. The SMILES string of the molecule is O=C(NCC1CC1)c1ccc(OC(F)(F)F)cc1. The fourth-order valence-electron chi connectivity index (χ4n) is 1.47. The Balaban J connectivity index is 1.91. The quantitative estimate of drug-likeness (QED) is 0.902. The number of ether oxygens (including phenoxy) is 1. The Morgan fingerprint density at radius 1 is 1.28 bits per heavy atom. The second kappa shape index (κ2) is 4.88. The van der Waals surface area contributed by atoms with E-state index in [1.165, 1.54) is 12.1 Å². The number of hydrogen-bond acceptors (Lipinski definition) is 2. The van der Waals surface area contributed by atoms with Gasteiger partial charge in [0.25, 0.3) is 5.91 Å². The third kappa shape index (κ3) is 3.94. The second-order valence-corrected chi connectivity index (χ2v) is 4.23. The molecular formula is C12H12F3NO2. The van der Waals surface area contributed by atoms with E-state index >= 15 is 0 Å². The predicted octanol–water partition coefficient (Wildman–Crippen LogP) is 2.73. The van der Waals surface area contributed by atoms with Crippen molar-refractivity contribution in [2.24, 2.45) is 5.92 Å². The van der Waals surface area contributed by atoms with Crippen LogP contribution in [0.15, 0.2) is 24.3 Å². The fourth-order valence-corrected chi connectivity index (χ4v) is 1.47. The Morgan fingerprint density at radius 2 is 1.89 bits per heavy atom. The first-order chi connectivity index (χ1) is 8.44. The number of hydrogen-bond donors (Lipinski definition) is 1. The summed E-state index contributed by atoms with van der Waals surface area (Å²) in [5.41, 5.74) is 0.324. The molecule has 18 heavy (non-hydrogen) atoms. The lowest BCUT2D eigenvalue weighted by Gasteiger charge is -2.09. The van der Waals surface area contributed by atoms with Crippen molar-refractivity contribution in [1.82, 2.24) is 5.32 Å². The Hall–Kier alpha value is -1.72. The monoisotopic (exact) mass is 259 g/mol. The molecule has 6 heteroatoms. The van der Waals surface area contributed by atoms with Gasteiger partial charge in [-0.1, -0.05) is 0 Å². The topological polar surface area (TPSA) is 38.3 Å². The lowest BCUT2D eigenvalue weighted by atomic mass is 10.2. The molecule has 1 aliphatic rings. The summed E-state index contributed by atoms with van der Waals surface area (Å²) in [6.07, 6.45) is -2.47. The first-order valence-corrected chi connectivity index (χ1v) is 5.58. The molecule has 0 radical (unpaired) electrons. The molecule has 0 saturated heterocycles. The van der Waals surface area contributed by atoms with Gasteiger partial charge in [-0.2, -0.15) is 0 Å². The molecule has 1 saturated carbocycles. The van der Waals surface area contributed by atoms with Gasteiger partial charge in [0.1, 0.15) is 5.75 Å². The summed E-state index contributed by atoms with van der Waals surface area (Å²) in [6, 6.07) is 4.87. The number of alkyl halides is 3. The van der Waals surface area contributed by atoms with Crippen LogP contribution in [0.2, 0.25) is 0 Å². The zero-order chi connectivity index (χ0) is 13.2. The number of amides is 1. The maximum atomic E-state index is 11.9. The van der Waals surface area contributed by atoms with Gasteiger partial charge < -0.3 is 10.1 Å². The first-order valence-electron chi connectivity index (χ1n) is 5.58. The molecule has 98 valence electrons. The lowest BCUT2D eigenvalue weighted by molar-refractivity contribution is -0.274. The van der Waals surface area contributed by atoms with E-state index in [4.69, 9.17) is 0 Å². The van der Waals surface area contributed by atoms with Crippen LogP contribution in [0.25, 0.3) is 0 Å². The van der Waals surface area contributed by atoms with Crippen LogP contribution < -0.4 is 10.1 Å². The molecular weight excluding hydrogens is 247 g/mol. The van der Waals surface area contributed by atoms with Crippen molar-refractivity contribution in [3.8, 4) is 5.75 Å². The van der Waals surface area contributed by atoms with E-state index in [1.807, 2.05) is 0 Å². The van der Waals surface area contributed by atoms with Crippen molar-refractivity contribution < 1.29 is 22.7 Å². The Labute approximate surface area is 102 Å². The highest BCUT2D eigenvalue weighted by molar-refractivity contribution is 5.94. The van der Waals surface area contributed by atoms with E-state index < -0.39 is 6.36 Å². The molecule has 1 fully saturated rings. The molecule has 1 aromatic carbocycles. The van der Waals surface area contributed by atoms with Crippen molar-refractivity contribution in [1.29, 1.82) is 0 Å². The highest BCUT2D eigenvalue weighted by atomic mass is 19.4. The summed E-state index contributed by atoms with van der Waals surface area (Å²) in [6.45, 7) is 0.625. The molecule has 1 aliphatic carbocycles. The number of halogens is 3. The van der Waals surface area contributed by atoms with Gasteiger partial charge in [0.05, 0.1) is 0 Å². The standard InChI is InChI=1S/C12H12F3NO2/c13-12(14,15)18-10-5-3-9(4-6-10)11(17)16-7-8-1-2-8/h3-6,8H,1-2,7H2,(H,16,17). The van der Waals surface area contributed by atoms with E-state index in [-0.39, 0.29) is 11.7 Å². The largest absolute Gasteiger partial charge is 0.573 e. The van der Waals surface area contributed by atoms with Gasteiger partial charge in [0.15, 0.2) is 0 Å². The number of rotatable bonds is 4. The van der Waals surface area contributed by atoms with Gasteiger partial charge in [-0.05, 0) is 43.0 Å². The minimum absolute atomic E-state index is 0.277. The predicted molar refractivity (Wildman–Crippen MR) is 58.2 cm³/mol. The van der Waals surface area contributed by atoms with E-state index in [2.05, 4.69) is 10.1 Å². The molecule has 0 aromatic heterocycles. The third-order valence-corrected chi connectivity index (χ3v) is 2.60. The molecule has 0 atom stereocenters. The summed E-state index contributed by atoms with van der Waals surface area (Å²) >= 11 is 0. The molecule has 0 unspecified atom stereocenters. The zero-order valence-corrected chi connectivity index (χ0v) is 9.46. The molecule has 1 amide bonds. The van der Waals surface area contributed by atoms with Gasteiger partial charge in [-0.15, -0.1) is 13.2 Å². The van der Waals surface area contributed by atoms with Crippen molar-refractivity contribution >= 4 is 5.91 Å². The van der Waals surface area contributed by atoms with E-state index in [0.29, 0.717) is 18.0 Å². The minimum Gasteiger partial charge on any atom is -0.406 e. The molecule has 0 heterocycles. The van der Waals surface area contributed by atoms with Gasteiger partial charge >= 0.3 is 6.36 Å². The second-order valence-electron chi connectivity index (χ2n) is 4.23. The minimum atomic E-state index is -4.71. The molecule has 3 nitrogen and oxygen atoms in total. The van der Waals surface area contributed by atoms with Crippen molar-refractivity contribution in [3.05, 3.63) is 29.8 Å². The van der Waals surface area contributed by atoms with Crippen LogP contribution in [0.5, 0.6) is 5.75 Å². The number of benzene rings is 1. The van der Waals surface area contributed by atoms with Crippen LogP contribution in [0, 0.1) is 5.92 Å². The Kier molecular flexibility index (Phi) is 3.45. The zero-order valence-electron chi connectivity index (χ0n) is 9.46. The van der Waals surface area contributed by atoms with E-state index in [1.54, 1.807) is 0 Å². The highest BCUT2D eigenvalue weighted by Gasteiger charge is 2.31. The van der Waals surface area contributed by atoms with Gasteiger partial charge in [0, 0.05) is 12.1 Å². The summed E-state index contributed by atoms with van der Waals surface area (Å²) in [5.74, 6) is -0.0523. The van der Waals surface area contributed by atoms with Gasteiger partial charge in [-0.3, -0.25) is 4.79 Å². The van der Waals surface area contributed by atoms with Crippen LogP contribution in [-0.4, -0.2) is 18.8 Å². The molecule has 2 rings (SSSR count). The van der Waals surface area contributed by atoms with E-state index in [0.717, 1.165) is 25.0 Å². The van der Waals surface area contributed by atoms with Crippen LogP contribution in [0.1, 0.15) is 23.2 Å². The maximum absolute atomic E-state index is 11.9. The summed E-state index contributed by atoms with van der Waals surface area (Å²) < 4.78 is 39.5. The number of nitrogens with one attached hydrogen (secondary N) is 1. The summed E-state index contributed by atoms with van der Waals surface area (Å²) in [5, 5.41) is 2.73. The summed E-state index contributed by atoms with van der Waals surface area (Å²) in [7, 11) is 0. The van der Waals surface area contributed by atoms with Crippen LogP contribution >= 0.6 is 0 Å². The first kappa shape index (κ1) is 12.7. The smallest absolute Gasteiger partial charge is 0.406 e.